The van der Waals surface area contributed by atoms with Gasteiger partial charge < -0.3 is 24.8 Å². The van der Waals surface area contributed by atoms with Gasteiger partial charge in [-0.15, -0.1) is 0 Å². The summed E-state index contributed by atoms with van der Waals surface area (Å²) in [6.45, 7) is 9.13. The van der Waals surface area contributed by atoms with Crippen molar-refractivity contribution in [1.29, 1.82) is 0 Å². The molecule has 1 aliphatic carbocycles. The van der Waals surface area contributed by atoms with Crippen molar-refractivity contribution in [2.75, 3.05) is 0 Å². The van der Waals surface area contributed by atoms with Gasteiger partial charge in [-0.1, -0.05) is 0 Å². The summed E-state index contributed by atoms with van der Waals surface area (Å²) in [5.74, 6) is 2.42. The zero-order valence-corrected chi connectivity index (χ0v) is 14.7. The van der Waals surface area contributed by atoms with Crippen molar-refractivity contribution < 1.29 is 44.0 Å². The molecular weight excluding hydrogens is 306 g/mol. The Labute approximate surface area is 127 Å². The Morgan fingerprint density at radius 2 is 1.76 bits per heavy atom. The molecule has 4 heteroatoms. The van der Waals surface area contributed by atoms with E-state index in [1.54, 1.807) is 29.8 Å². The van der Waals surface area contributed by atoms with Crippen LogP contribution in [0.15, 0.2) is 26.9 Å². The molecule has 0 saturated carbocycles. The molecular formula is C13H17Cl2PTi. The van der Waals surface area contributed by atoms with Crippen molar-refractivity contribution in [3.05, 3.63) is 37.8 Å². The summed E-state index contributed by atoms with van der Waals surface area (Å²) in [5.41, 5.74) is 4.66. The van der Waals surface area contributed by atoms with E-state index >= 15 is 0 Å². The minimum absolute atomic E-state index is 0. The zero-order chi connectivity index (χ0) is 11.0. The quantitative estimate of drug-likeness (QED) is 0.536. The predicted molar refractivity (Wildman–Crippen MR) is 66.1 cm³/mol. The Morgan fingerprint density at radius 3 is 2.18 bits per heavy atom. The Hall–Kier alpha value is 0.554. The molecule has 1 aliphatic rings. The fraction of sp³-hybridized carbons (Fsp3) is 0.385. The summed E-state index contributed by atoms with van der Waals surface area (Å²) >= 11 is -0.0296. The predicted octanol–water partition coefficient (Wildman–Crippen LogP) is -2.33. The molecule has 0 bridgehead atoms. The van der Waals surface area contributed by atoms with E-state index in [0.29, 0.717) is 0 Å². The number of aryl methyl sites for hydroxylation is 2. The standard InChI is InChI=1S/C7H9.C6H8P.2ClH.Ti/c1-6-3-4-7(2)5-6;1-5-3-6(2)7-4-5;;;/h5H,3H2,1-2H3;4,7H,1-2H3;2*1H;/q;;;;+2/p-2. The van der Waals surface area contributed by atoms with Crippen LogP contribution in [0.2, 0.25) is 0 Å². The van der Waals surface area contributed by atoms with Crippen molar-refractivity contribution in [2.24, 2.45) is 0 Å². The molecule has 0 aliphatic heterocycles. The second kappa shape index (κ2) is 7.22. The van der Waals surface area contributed by atoms with Gasteiger partial charge in [-0.3, -0.25) is 0 Å². The van der Waals surface area contributed by atoms with E-state index in [2.05, 4.69) is 39.6 Å². The molecule has 1 aromatic heterocycles. The summed E-state index contributed by atoms with van der Waals surface area (Å²) in [6, 6.07) is 0. The largest absolute Gasteiger partial charge is 1.00 e. The minimum atomic E-state index is -0.0296. The third-order valence-corrected chi connectivity index (χ3v) is 7.55. The van der Waals surface area contributed by atoms with E-state index in [9.17, 15) is 0 Å². The molecule has 0 nitrogen and oxygen atoms in total. The third-order valence-electron chi connectivity index (χ3n) is 2.94. The molecule has 0 amide bonds. The van der Waals surface area contributed by atoms with Crippen LogP contribution < -0.4 is 28.7 Å². The maximum atomic E-state index is 2.42. The van der Waals surface area contributed by atoms with Crippen molar-refractivity contribution in [1.82, 2.24) is 0 Å². The Morgan fingerprint density at radius 1 is 1.12 bits per heavy atom. The molecule has 0 fully saturated rings. The molecule has 2 rings (SSSR count). The van der Waals surface area contributed by atoms with Crippen LogP contribution in [-0.4, -0.2) is 0 Å². The summed E-state index contributed by atoms with van der Waals surface area (Å²) in [6.07, 6.45) is 3.62. The Balaban J connectivity index is 0.00000128. The van der Waals surface area contributed by atoms with Gasteiger partial charge in [0.25, 0.3) is 0 Å². The third kappa shape index (κ3) is 4.01. The van der Waals surface area contributed by atoms with Gasteiger partial charge in [-0.2, -0.15) is 0 Å². The number of halogens is 2. The maximum absolute atomic E-state index is 2.42. The van der Waals surface area contributed by atoms with E-state index in [-0.39, 0.29) is 44.0 Å². The Kier molecular flexibility index (Phi) is 7.45. The average Bonchev–Trinajstić information content (AvgIpc) is 2.63. The van der Waals surface area contributed by atoms with Crippen molar-refractivity contribution in [3.63, 3.8) is 0 Å². The van der Waals surface area contributed by atoms with Gasteiger partial charge in [0.2, 0.25) is 0 Å². The SMILES string of the molecule is CC1=CC(C)=[C]([Ti+2][c]2c(C)c[pH]c2C)C1.[Cl-].[Cl-]. The number of hydrogen-bond donors (Lipinski definition) is 0. The van der Waals surface area contributed by atoms with Gasteiger partial charge in [-0.05, 0) is 0 Å². The van der Waals surface area contributed by atoms with E-state index in [0.717, 1.165) is 8.19 Å². The fourth-order valence-corrected chi connectivity index (χ4v) is 5.99. The Bertz CT molecular complexity index is 438. The summed E-state index contributed by atoms with van der Waals surface area (Å²) in [4.78, 5) is 0. The number of allylic oxidation sites excluding steroid dienone is 4. The molecule has 92 valence electrons. The average molecular weight is 323 g/mol. The van der Waals surface area contributed by atoms with Crippen LogP contribution in [-0.2, 0) is 19.2 Å². The molecule has 17 heavy (non-hydrogen) atoms. The summed E-state index contributed by atoms with van der Waals surface area (Å²) in [5, 5.41) is 1.65. The monoisotopic (exact) mass is 322 g/mol. The second-order valence-corrected chi connectivity index (χ2v) is 7.87. The smallest absolute Gasteiger partial charge is 1.00 e. The first kappa shape index (κ1) is 17.6. The van der Waals surface area contributed by atoms with Gasteiger partial charge in [0.1, 0.15) is 0 Å². The topological polar surface area (TPSA) is 0 Å². The van der Waals surface area contributed by atoms with Gasteiger partial charge in [0.05, 0.1) is 0 Å². The minimum Gasteiger partial charge on any atom is -1.00 e. The maximum Gasteiger partial charge on any atom is -1.00 e. The first-order chi connectivity index (χ1) is 7.08. The molecule has 0 aromatic carbocycles. The second-order valence-electron chi connectivity index (χ2n) is 4.43. The van der Waals surface area contributed by atoms with Gasteiger partial charge >= 0.3 is 103 Å². The molecule has 1 aromatic rings. The summed E-state index contributed by atoms with van der Waals surface area (Å²) < 4.78 is 3.48. The molecule has 0 saturated heterocycles. The van der Waals surface area contributed by atoms with Crippen LogP contribution in [0.1, 0.15) is 31.1 Å². The summed E-state index contributed by atoms with van der Waals surface area (Å²) in [7, 11) is 0.961. The molecule has 1 atom stereocenters. The molecule has 1 unspecified atom stereocenters. The van der Waals surface area contributed by atoms with Crippen LogP contribution in [0, 0.1) is 13.8 Å². The fourth-order valence-electron chi connectivity index (χ4n) is 2.07. The molecule has 0 spiro atoms. The van der Waals surface area contributed by atoms with Crippen LogP contribution >= 0.6 is 8.19 Å². The van der Waals surface area contributed by atoms with Crippen LogP contribution in [0.3, 0.4) is 0 Å². The van der Waals surface area contributed by atoms with Gasteiger partial charge in [0.15, 0.2) is 0 Å². The zero-order valence-electron chi connectivity index (χ0n) is 10.6. The number of hydrogen-bond acceptors (Lipinski definition) is 0. The van der Waals surface area contributed by atoms with Crippen LogP contribution in [0.5, 0.6) is 0 Å². The molecule has 1 heterocycles. The van der Waals surface area contributed by atoms with E-state index in [1.807, 2.05) is 0 Å². The first-order valence-corrected chi connectivity index (χ1v) is 8.00. The van der Waals surface area contributed by atoms with Crippen LogP contribution in [0.4, 0.5) is 0 Å². The van der Waals surface area contributed by atoms with Crippen molar-refractivity contribution in [2.45, 2.75) is 34.1 Å². The molecule has 0 N–H and O–H groups in total. The van der Waals surface area contributed by atoms with E-state index in [1.165, 1.54) is 6.42 Å². The normalized spacial score (nSPS) is 14.2. The van der Waals surface area contributed by atoms with E-state index < -0.39 is 0 Å². The molecule has 0 radical (unpaired) electrons. The van der Waals surface area contributed by atoms with Crippen molar-refractivity contribution >= 4 is 12.1 Å². The van der Waals surface area contributed by atoms with Crippen LogP contribution in [0.25, 0.3) is 0 Å². The first-order valence-electron chi connectivity index (χ1n) is 5.36. The van der Waals surface area contributed by atoms with Gasteiger partial charge in [0, 0.05) is 0 Å². The number of rotatable bonds is 2. The van der Waals surface area contributed by atoms with Crippen molar-refractivity contribution in [3.8, 4) is 0 Å². The van der Waals surface area contributed by atoms with Gasteiger partial charge in [-0.25, -0.2) is 0 Å². The van der Waals surface area contributed by atoms with E-state index in [4.69, 9.17) is 0 Å².